The summed E-state index contributed by atoms with van der Waals surface area (Å²) in [6, 6.07) is 6.35. The second-order valence-corrected chi connectivity index (χ2v) is 6.51. The third-order valence-corrected chi connectivity index (χ3v) is 4.75. The van der Waals surface area contributed by atoms with Gasteiger partial charge in [-0.15, -0.1) is 0 Å². The average Bonchev–Trinajstić information content (AvgIpc) is 2.86. The predicted molar refractivity (Wildman–Crippen MR) is 74.6 cm³/mol. The van der Waals surface area contributed by atoms with Crippen molar-refractivity contribution in [2.24, 2.45) is 0 Å². The molecule has 0 amide bonds. The number of aryl methyl sites for hydroxylation is 1. The van der Waals surface area contributed by atoms with Crippen molar-refractivity contribution in [1.29, 1.82) is 0 Å². The highest BCUT2D eigenvalue weighted by Crippen LogP contribution is 2.22. The van der Waals surface area contributed by atoms with Gasteiger partial charge in [0, 0.05) is 11.6 Å². The maximum absolute atomic E-state index is 12.2. The van der Waals surface area contributed by atoms with Crippen LogP contribution < -0.4 is 4.72 Å². The van der Waals surface area contributed by atoms with Crippen molar-refractivity contribution in [3.05, 3.63) is 41.5 Å². The topological polar surface area (TPSA) is 72.5 Å². The molecule has 0 heterocycles. The molecule has 0 aromatic heterocycles. The van der Waals surface area contributed by atoms with Crippen LogP contribution in [-0.4, -0.2) is 27.5 Å². The van der Waals surface area contributed by atoms with E-state index in [1.807, 2.05) is 6.92 Å². The first-order chi connectivity index (χ1) is 9.42. The summed E-state index contributed by atoms with van der Waals surface area (Å²) in [7, 11) is -2.24. The quantitative estimate of drug-likeness (QED) is 0.855. The summed E-state index contributed by atoms with van der Waals surface area (Å²) in [5, 5.41) is 0. The molecule has 2 rings (SSSR count). The first-order valence-electron chi connectivity index (χ1n) is 6.29. The van der Waals surface area contributed by atoms with E-state index in [1.54, 1.807) is 30.3 Å². The predicted octanol–water partition coefficient (Wildman–Crippen LogP) is 1.54. The van der Waals surface area contributed by atoms with E-state index in [0.717, 1.165) is 5.56 Å². The van der Waals surface area contributed by atoms with Gasteiger partial charge in [-0.05, 0) is 31.9 Å². The summed E-state index contributed by atoms with van der Waals surface area (Å²) in [6.07, 6.45) is 2.57. The minimum Gasteiger partial charge on any atom is -0.466 e. The summed E-state index contributed by atoms with van der Waals surface area (Å²) in [5.74, 6) is -0.401. The zero-order chi connectivity index (χ0) is 14.8. The number of carbonyl (C=O) groups excluding carboxylic acids is 1. The fourth-order valence-corrected chi connectivity index (χ4v) is 3.36. The van der Waals surface area contributed by atoms with E-state index in [9.17, 15) is 13.2 Å². The molecule has 0 saturated heterocycles. The van der Waals surface area contributed by atoms with Crippen LogP contribution in [0.2, 0.25) is 0 Å². The van der Waals surface area contributed by atoms with Crippen LogP contribution in [0.25, 0.3) is 0 Å². The maximum Gasteiger partial charge on any atom is 0.333 e. The van der Waals surface area contributed by atoms with E-state index in [4.69, 9.17) is 0 Å². The van der Waals surface area contributed by atoms with Crippen molar-refractivity contribution in [2.75, 3.05) is 7.11 Å². The Morgan fingerprint density at radius 3 is 2.55 bits per heavy atom. The minimum absolute atomic E-state index is 0.231. The van der Waals surface area contributed by atoms with Gasteiger partial charge in [-0.1, -0.05) is 23.8 Å². The van der Waals surface area contributed by atoms with Gasteiger partial charge in [0.05, 0.1) is 12.0 Å². The Morgan fingerprint density at radius 1 is 1.30 bits per heavy atom. The Hall–Kier alpha value is -1.66. The molecule has 0 bridgehead atoms. The van der Waals surface area contributed by atoms with Crippen molar-refractivity contribution in [3.63, 3.8) is 0 Å². The lowest BCUT2D eigenvalue weighted by Crippen LogP contribution is -2.33. The molecule has 1 aliphatic rings. The maximum atomic E-state index is 12.2. The van der Waals surface area contributed by atoms with Crippen LogP contribution in [0.4, 0.5) is 0 Å². The van der Waals surface area contributed by atoms with Crippen molar-refractivity contribution >= 4 is 16.0 Å². The van der Waals surface area contributed by atoms with Gasteiger partial charge >= 0.3 is 5.97 Å². The molecule has 0 aliphatic heterocycles. The molecule has 1 N–H and O–H groups in total. The van der Waals surface area contributed by atoms with Gasteiger partial charge in [0.2, 0.25) is 10.0 Å². The third-order valence-electron chi connectivity index (χ3n) is 3.22. The monoisotopic (exact) mass is 295 g/mol. The number of methoxy groups -OCH3 is 1. The zero-order valence-corrected chi connectivity index (χ0v) is 12.2. The van der Waals surface area contributed by atoms with Gasteiger partial charge in [-0.3, -0.25) is 0 Å². The zero-order valence-electron chi connectivity index (χ0n) is 11.4. The highest BCUT2D eigenvalue weighted by molar-refractivity contribution is 7.89. The number of esters is 1. The van der Waals surface area contributed by atoms with Gasteiger partial charge in [0.25, 0.3) is 0 Å². The Balaban J connectivity index is 2.04. The molecule has 0 unspecified atom stereocenters. The first-order valence-corrected chi connectivity index (χ1v) is 7.77. The fourth-order valence-electron chi connectivity index (χ4n) is 2.11. The first kappa shape index (κ1) is 14.7. The van der Waals surface area contributed by atoms with Crippen LogP contribution in [0.5, 0.6) is 0 Å². The van der Waals surface area contributed by atoms with E-state index >= 15 is 0 Å². The number of carbonyl (C=O) groups is 1. The van der Waals surface area contributed by atoms with Gasteiger partial charge in [0.15, 0.2) is 0 Å². The molecular formula is C14H17NO4S. The molecule has 0 radical (unpaired) electrons. The molecule has 1 aliphatic carbocycles. The number of ether oxygens (including phenoxy) is 1. The standard InChI is InChI=1S/C14H17NO4S/c1-10-3-7-13(8-4-10)20(17,18)15-12-6-5-11(9-12)14(16)19-2/h3-5,7-8,12,15H,6,9H2,1-2H3/t12-/m1/s1. The smallest absolute Gasteiger partial charge is 0.333 e. The number of sulfonamides is 1. The summed E-state index contributed by atoms with van der Waals surface area (Å²) < 4.78 is 31.6. The molecule has 20 heavy (non-hydrogen) atoms. The number of rotatable bonds is 4. The molecule has 1 aromatic carbocycles. The Morgan fingerprint density at radius 2 is 1.95 bits per heavy atom. The Kier molecular flexibility index (Phi) is 4.25. The number of hydrogen-bond acceptors (Lipinski definition) is 4. The van der Waals surface area contributed by atoms with Crippen LogP contribution in [0, 0.1) is 6.92 Å². The lowest BCUT2D eigenvalue weighted by atomic mass is 10.2. The minimum atomic E-state index is -3.55. The van der Waals surface area contributed by atoms with Crippen LogP contribution >= 0.6 is 0 Å². The van der Waals surface area contributed by atoms with Crippen LogP contribution in [0.1, 0.15) is 18.4 Å². The highest BCUT2D eigenvalue weighted by atomic mass is 32.2. The van der Waals surface area contributed by atoms with Crippen molar-refractivity contribution < 1.29 is 17.9 Å². The fraction of sp³-hybridized carbons (Fsp3) is 0.357. The highest BCUT2D eigenvalue weighted by Gasteiger charge is 2.26. The summed E-state index contributed by atoms with van der Waals surface area (Å²) in [4.78, 5) is 11.6. The molecule has 5 nitrogen and oxygen atoms in total. The Labute approximate surface area is 118 Å². The molecule has 108 valence electrons. The molecular weight excluding hydrogens is 278 g/mol. The number of hydrogen-bond donors (Lipinski definition) is 1. The summed E-state index contributed by atoms with van der Waals surface area (Å²) in [6.45, 7) is 1.90. The van der Waals surface area contributed by atoms with E-state index in [1.165, 1.54) is 7.11 Å². The van der Waals surface area contributed by atoms with E-state index in [2.05, 4.69) is 9.46 Å². The third kappa shape index (κ3) is 3.26. The van der Waals surface area contributed by atoms with Crippen LogP contribution in [0.15, 0.2) is 40.8 Å². The summed E-state index contributed by atoms with van der Waals surface area (Å²) >= 11 is 0. The molecule has 6 heteroatoms. The van der Waals surface area contributed by atoms with E-state index in [0.29, 0.717) is 18.4 Å². The molecule has 0 fully saturated rings. The van der Waals surface area contributed by atoms with Crippen molar-refractivity contribution in [2.45, 2.75) is 30.7 Å². The normalized spacial score (nSPS) is 18.7. The number of nitrogens with one attached hydrogen (secondary N) is 1. The van der Waals surface area contributed by atoms with Gasteiger partial charge in [-0.2, -0.15) is 0 Å². The molecule has 1 aromatic rings. The number of benzene rings is 1. The molecule has 1 atom stereocenters. The SMILES string of the molecule is COC(=O)C1=CC[C@@H](NS(=O)(=O)c2ccc(C)cc2)C1. The second kappa shape index (κ2) is 5.76. The van der Waals surface area contributed by atoms with Crippen LogP contribution in [-0.2, 0) is 19.6 Å². The van der Waals surface area contributed by atoms with Crippen molar-refractivity contribution in [3.8, 4) is 0 Å². The lowest BCUT2D eigenvalue weighted by molar-refractivity contribution is -0.136. The Bertz CT molecular complexity index is 632. The molecule has 0 saturated carbocycles. The van der Waals surface area contributed by atoms with E-state index in [-0.39, 0.29) is 10.9 Å². The molecule has 0 spiro atoms. The van der Waals surface area contributed by atoms with E-state index < -0.39 is 16.0 Å². The van der Waals surface area contributed by atoms with Gasteiger partial charge in [0.1, 0.15) is 0 Å². The lowest BCUT2D eigenvalue weighted by Gasteiger charge is -2.13. The average molecular weight is 295 g/mol. The van der Waals surface area contributed by atoms with Crippen LogP contribution in [0.3, 0.4) is 0 Å². The second-order valence-electron chi connectivity index (χ2n) is 4.79. The van der Waals surface area contributed by atoms with Gasteiger partial charge in [-0.25, -0.2) is 17.9 Å². The summed E-state index contributed by atoms with van der Waals surface area (Å²) in [5.41, 5.74) is 1.52. The largest absolute Gasteiger partial charge is 0.466 e. The van der Waals surface area contributed by atoms with Gasteiger partial charge < -0.3 is 4.74 Å². The van der Waals surface area contributed by atoms with Crippen molar-refractivity contribution in [1.82, 2.24) is 4.72 Å².